The first-order chi connectivity index (χ1) is 14.5. The minimum absolute atomic E-state index is 0.0250. The molecule has 2 saturated heterocycles. The molecule has 2 aliphatic rings. The van der Waals surface area contributed by atoms with Gasteiger partial charge in [-0.05, 0) is 19.1 Å². The summed E-state index contributed by atoms with van der Waals surface area (Å²) in [5, 5.41) is 8.06. The molecule has 154 valence electrons. The third-order valence-electron chi connectivity index (χ3n) is 5.80. The Labute approximate surface area is 171 Å². The molecule has 2 fully saturated rings. The fraction of sp³-hybridized carbons (Fsp3) is 0.350. The van der Waals surface area contributed by atoms with Crippen molar-refractivity contribution in [3.05, 3.63) is 59.7 Å². The lowest BCUT2D eigenvalue weighted by atomic mass is 10.0. The van der Waals surface area contributed by atoms with E-state index in [1.807, 2.05) is 4.90 Å². The van der Waals surface area contributed by atoms with Gasteiger partial charge in [-0.1, -0.05) is 6.07 Å². The quantitative estimate of drug-likeness (QED) is 0.655. The number of carbonyl (C=O) groups is 1. The lowest BCUT2D eigenvalue weighted by molar-refractivity contribution is 0.0777. The minimum atomic E-state index is -0.594. The molecule has 0 radical (unpaired) electrons. The third kappa shape index (κ3) is 3.08. The number of hydrogen-bond acceptors (Lipinski definition) is 6. The Morgan fingerprint density at radius 1 is 1.03 bits per heavy atom. The van der Waals surface area contributed by atoms with Gasteiger partial charge in [0.2, 0.25) is 5.95 Å². The fourth-order valence-electron chi connectivity index (χ4n) is 4.30. The number of amides is 1. The first-order valence-electron chi connectivity index (χ1n) is 9.70. The number of halogens is 2. The Hall–Kier alpha value is -3.43. The Morgan fingerprint density at radius 3 is 2.40 bits per heavy atom. The zero-order valence-corrected chi connectivity index (χ0v) is 16.2. The van der Waals surface area contributed by atoms with Crippen molar-refractivity contribution in [2.45, 2.75) is 6.92 Å². The number of hydrogen-bond donors (Lipinski definition) is 0. The summed E-state index contributed by atoms with van der Waals surface area (Å²) in [5.41, 5.74) is 0.607. The van der Waals surface area contributed by atoms with Crippen LogP contribution in [0.3, 0.4) is 0 Å². The van der Waals surface area contributed by atoms with Gasteiger partial charge in [-0.15, -0.1) is 0 Å². The van der Waals surface area contributed by atoms with E-state index in [0.717, 1.165) is 0 Å². The van der Waals surface area contributed by atoms with E-state index in [-0.39, 0.29) is 23.3 Å². The summed E-state index contributed by atoms with van der Waals surface area (Å²) in [7, 11) is 0. The molecule has 0 spiro atoms. The van der Waals surface area contributed by atoms with Gasteiger partial charge in [0.15, 0.2) is 5.82 Å². The van der Waals surface area contributed by atoms with Crippen molar-refractivity contribution < 1.29 is 13.6 Å². The SMILES string of the molecule is Cc1nc(N2CC3CN(C(=O)c4c(F)cccc4-n4nccn4)CC3C2)ncc1F. The van der Waals surface area contributed by atoms with Crippen molar-refractivity contribution in [3.63, 3.8) is 0 Å². The Morgan fingerprint density at radius 2 is 1.73 bits per heavy atom. The second-order valence-corrected chi connectivity index (χ2v) is 7.69. The highest BCUT2D eigenvalue weighted by Gasteiger charge is 2.43. The van der Waals surface area contributed by atoms with Crippen LogP contribution in [0.1, 0.15) is 16.1 Å². The molecular formula is C20H19F2N7O. The van der Waals surface area contributed by atoms with Gasteiger partial charge in [-0.3, -0.25) is 4.79 Å². The Kier molecular flexibility index (Phi) is 4.41. The summed E-state index contributed by atoms with van der Waals surface area (Å²) >= 11 is 0. The van der Waals surface area contributed by atoms with Crippen LogP contribution >= 0.6 is 0 Å². The zero-order chi connectivity index (χ0) is 20.8. The van der Waals surface area contributed by atoms with Crippen LogP contribution in [0.4, 0.5) is 14.7 Å². The molecule has 0 aliphatic carbocycles. The first kappa shape index (κ1) is 18.6. The monoisotopic (exact) mass is 411 g/mol. The van der Waals surface area contributed by atoms with Crippen LogP contribution in [0, 0.1) is 30.4 Å². The maximum absolute atomic E-state index is 14.6. The molecule has 0 N–H and O–H groups in total. The first-order valence-corrected chi connectivity index (χ1v) is 9.70. The summed E-state index contributed by atoms with van der Waals surface area (Å²) in [5.74, 6) is -0.439. The van der Waals surface area contributed by atoms with Gasteiger partial charge in [0.25, 0.3) is 5.91 Å². The van der Waals surface area contributed by atoms with E-state index < -0.39 is 11.6 Å². The van der Waals surface area contributed by atoms with Crippen LogP contribution in [0.2, 0.25) is 0 Å². The third-order valence-corrected chi connectivity index (χ3v) is 5.80. The molecule has 4 heterocycles. The number of aromatic nitrogens is 5. The van der Waals surface area contributed by atoms with Crippen molar-refractivity contribution in [2.24, 2.45) is 11.8 Å². The smallest absolute Gasteiger partial charge is 0.259 e. The second kappa shape index (κ2) is 7.12. The van der Waals surface area contributed by atoms with Crippen LogP contribution in [0.5, 0.6) is 0 Å². The number of benzene rings is 1. The van der Waals surface area contributed by atoms with Crippen molar-refractivity contribution in [1.29, 1.82) is 0 Å². The van der Waals surface area contributed by atoms with E-state index >= 15 is 0 Å². The average molecular weight is 411 g/mol. The van der Waals surface area contributed by atoms with Crippen molar-refractivity contribution in [3.8, 4) is 5.69 Å². The standard InChI is InChI=1S/C20H19F2N7O/c1-12-16(22)7-23-20(26-12)28-10-13-8-27(9-14(13)11-28)19(30)18-15(21)3-2-4-17(18)29-24-5-6-25-29/h2-7,13-14H,8-11H2,1H3. The minimum Gasteiger partial charge on any atom is -0.340 e. The average Bonchev–Trinajstić information content (AvgIpc) is 3.45. The second-order valence-electron chi connectivity index (χ2n) is 7.69. The molecule has 0 bridgehead atoms. The van der Waals surface area contributed by atoms with Crippen molar-refractivity contribution in [1.82, 2.24) is 29.9 Å². The maximum Gasteiger partial charge on any atom is 0.259 e. The number of fused-ring (bicyclic) bond motifs is 1. The molecule has 2 atom stereocenters. The molecule has 1 amide bonds. The van der Waals surface area contributed by atoms with Gasteiger partial charge in [0.05, 0.1) is 24.3 Å². The summed E-state index contributed by atoms with van der Waals surface area (Å²) in [6, 6.07) is 4.43. The highest BCUT2D eigenvalue weighted by molar-refractivity contribution is 5.98. The highest BCUT2D eigenvalue weighted by atomic mass is 19.1. The van der Waals surface area contributed by atoms with Crippen LogP contribution in [0.15, 0.2) is 36.8 Å². The van der Waals surface area contributed by atoms with Crippen LogP contribution in [-0.2, 0) is 0 Å². The van der Waals surface area contributed by atoms with Gasteiger partial charge >= 0.3 is 0 Å². The van der Waals surface area contributed by atoms with Gasteiger partial charge in [0.1, 0.15) is 17.1 Å². The lowest BCUT2D eigenvalue weighted by Crippen LogP contribution is -2.35. The highest BCUT2D eigenvalue weighted by Crippen LogP contribution is 2.34. The number of rotatable bonds is 3. The van der Waals surface area contributed by atoms with Crippen LogP contribution in [-0.4, -0.2) is 61.9 Å². The Bertz CT molecular complexity index is 1090. The molecule has 1 aromatic carbocycles. The predicted octanol–water partition coefficient (Wildman–Crippen LogP) is 1.85. The number of likely N-dealkylation sites (tertiary alicyclic amines) is 1. The normalized spacial score (nSPS) is 20.6. The summed E-state index contributed by atoms with van der Waals surface area (Å²) in [6.45, 7) is 3.98. The number of carbonyl (C=O) groups excluding carboxylic acids is 1. The van der Waals surface area contributed by atoms with E-state index in [9.17, 15) is 13.6 Å². The predicted molar refractivity (Wildman–Crippen MR) is 103 cm³/mol. The zero-order valence-electron chi connectivity index (χ0n) is 16.2. The molecule has 3 aromatic rings. The Balaban J connectivity index is 1.34. The van der Waals surface area contributed by atoms with E-state index in [1.165, 1.54) is 35.5 Å². The molecular weight excluding hydrogens is 392 g/mol. The van der Waals surface area contributed by atoms with Crippen molar-refractivity contribution >= 4 is 11.9 Å². The van der Waals surface area contributed by atoms with Crippen LogP contribution in [0.25, 0.3) is 5.69 Å². The number of aryl methyl sites for hydroxylation is 1. The van der Waals surface area contributed by atoms with Crippen LogP contribution < -0.4 is 4.90 Å². The molecule has 2 aliphatic heterocycles. The topological polar surface area (TPSA) is 80.0 Å². The molecule has 0 saturated carbocycles. The van der Waals surface area contributed by atoms with Gasteiger partial charge in [0, 0.05) is 38.0 Å². The van der Waals surface area contributed by atoms with Gasteiger partial charge in [-0.25, -0.2) is 18.7 Å². The maximum atomic E-state index is 14.6. The van der Waals surface area contributed by atoms with E-state index in [1.54, 1.807) is 17.9 Å². The molecule has 2 unspecified atom stereocenters. The lowest BCUT2D eigenvalue weighted by Gasteiger charge is -2.23. The van der Waals surface area contributed by atoms with Crippen molar-refractivity contribution in [2.75, 3.05) is 31.1 Å². The van der Waals surface area contributed by atoms with Gasteiger partial charge < -0.3 is 9.80 Å². The number of nitrogens with zero attached hydrogens (tertiary/aromatic N) is 7. The van der Waals surface area contributed by atoms with E-state index in [2.05, 4.69) is 20.2 Å². The molecule has 30 heavy (non-hydrogen) atoms. The summed E-state index contributed by atoms with van der Waals surface area (Å²) < 4.78 is 28.1. The summed E-state index contributed by atoms with van der Waals surface area (Å²) in [4.78, 5) is 26.5. The largest absolute Gasteiger partial charge is 0.340 e. The summed E-state index contributed by atoms with van der Waals surface area (Å²) in [6.07, 6.45) is 4.14. The molecule has 5 rings (SSSR count). The molecule has 10 heteroatoms. The van der Waals surface area contributed by atoms with E-state index in [0.29, 0.717) is 43.5 Å². The van der Waals surface area contributed by atoms with E-state index in [4.69, 9.17) is 0 Å². The molecule has 8 nitrogen and oxygen atoms in total. The molecule has 2 aromatic heterocycles. The van der Waals surface area contributed by atoms with Gasteiger partial charge in [-0.2, -0.15) is 15.0 Å². The fourth-order valence-corrected chi connectivity index (χ4v) is 4.30. The number of anilines is 1.